The lowest BCUT2D eigenvalue weighted by Crippen LogP contribution is -2.27. The van der Waals surface area contributed by atoms with Gasteiger partial charge in [-0.05, 0) is 62.4 Å². The number of amidine groups is 2. The Labute approximate surface area is 233 Å². The molecule has 202 valence electrons. The van der Waals surface area contributed by atoms with Crippen LogP contribution in [-0.2, 0) is 0 Å². The minimum atomic E-state index is -0.370. The molecule has 4 amide bonds. The molecule has 0 spiro atoms. The van der Waals surface area contributed by atoms with Gasteiger partial charge in [0.25, 0.3) is 0 Å². The first kappa shape index (κ1) is 27.5. The number of rotatable bonds is 6. The van der Waals surface area contributed by atoms with Gasteiger partial charge in [-0.25, -0.2) is 9.59 Å². The summed E-state index contributed by atoms with van der Waals surface area (Å²) in [6.45, 7) is 5.62. The maximum absolute atomic E-state index is 12.5. The summed E-state index contributed by atoms with van der Waals surface area (Å²) in [5.74, 6) is 1.66. The minimum Gasteiger partial charge on any atom is -0.366 e. The largest absolute Gasteiger partial charge is 0.366 e. The molecular weight excluding hydrogens is 516 g/mol. The number of carbonyl (C=O) groups excluding carboxylic acids is 2. The van der Waals surface area contributed by atoms with E-state index in [-0.39, 0.29) is 24.5 Å². The second-order valence-corrected chi connectivity index (χ2v) is 9.37. The Morgan fingerprint density at radius 2 is 1.03 bits per heavy atom. The molecule has 6 N–H and O–H groups in total. The highest BCUT2D eigenvalue weighted by Gasteiger charge is 2.16. The highest BCUT2D eigenvalue weighted by molar-refractivity contribution is 6.05. The molecule has 2 unspecified atom stereocenters. The van der Waals surface area contributed by atoms with E-state index in [1.165, 1.54) is 0 Å². The summed E-state index contributed by atoms with van der Waals surface area (Å²) in [5, 5.41) is 17.9. The molecular formula is C28H31ClN8O2. The SMILES string of the molecule is CC1CN=C(c2cccc(NC(=O)Nc3ccc(NC(=O)Nc4cccc(C5=NCC(C)N5)c4)cc3)c2)N1.Cl. The van der Waals surface area contributed by atoms with Crippen LogP contribution in [0, 0.1) is 0 Å². The van der Waals surface area contributed by atoms with Crippen molar-refractivity contribution in [3.63, 3.8) is 0 Å². The summed E-state index contributed by atoms with van der Waals surface area (Å²) in [4.78, 5) is 34.0. The van der Waals surface area contributed by atoms with E-state index in [9.17, 15) is 9.59 Å². The van der Waals surface area contributed by atoms with Crippen molar-refractivity contribution >= 4 is 58.9 Å². The Hall–Kier alpha value is -4.57. The molecule has 2 aliphatic heterocycles. The molecule has 0 saturated heterocycles. The second kappa shape index (κ2) is 12.3. The second-order valence-electron chi connectivity index (χ2n) is 9.37. The number of hydrogen-bond donors (Lipinski definition) is 6. The number of nitrogens with one attached hydrogen (secondary N) is 6. The molecule has 0 aromatic heterocycles. The number of anilines is 4. The van der Waals surface area contributed by atoms with Gasteiger partial charge in [0.05, 0.1) is 13.1 Å². The first-order chi connectivity index (χ1) is 18.4. The fourth-order valence-electron chi connectivity index (χ4n) is 4.17. The van der Waals surface area contributed by atoms with E-state index in [0.717, 1.165) is 35.9 Å². The van der Waals surface area contributed by atoms with Gasteiger partial charge in [-0.2, -0.15) is 0 Å². The number of hydrogen-bond acceptors (Lipinski definition) is 6. The van der Waals surface area contributed by atoms with Crippen LogP contribution in [0.1, 0.15) is 25.0 Å². The van der Waals surface area contributed by atoms with Crippen LogP contribution >= 0.6 is 12.4 Å². The molecule has 0 bridgehead atoms. The number of halogens is 1. The maximum Gasteiger partial charge on any atom is 0.323 e. The molecule has 5 rings (SSSR count). The van der Waals surface area contributed by atoms with E-state index in [2.05, 4.69) is 55.7 Å². The quantitative estimate of drug-likeness (QED) is 0.263. The Bertz CT molecular complexity index is 1300. The number of benzene rings is 3. The fraction of sp³-hybridized carbons (Fsp3) is 0.214. The Morgan fingerprint density at radius 3 is 1.38 bits per heavy atom. The van der Waals surface area contributed by atoms with Crippen LogP contribution in [0.5, 0.6) is 0 Å². The van der Waals surface area contributed by atoms with Crippen LogP contribution in [0.4, 0.5) is 32.3 Å². The van der Waals surface area contributed by atoms with Gasteiger partial charge in [0.1, 0.15) is 11.7 Å². The molecule has 2 atom stereocenters. The average Bonchev–Trinajstić information content (AvgIpc) is 3.54. The van der Waals surface area contributed by atoms with E-state index < -0.39 is 0 Å². The third-order valence-corrected chi connectivity index (χ3v) is 6.00. The van der Waals surface area contributed by atoms with Crippen molar-refractivity contribution in [2.75, 3.05) is 34.4 Å². The molecule has 10 nitrogen and oxygen atoms in total. The van der Waals surface area contributed by atoms with Crippen LogP contribution in [0.15, 0.2) is 82.8 Å². The summed E-state index contributed by atoms with van der Waals surface area (Å²) in [6, 6.07) is 21.8. The summed E-state index contributed by atoms with van der Waals surface area (Å²) in [5.41, 5.74) is 4.35. The van der Waals surface area contributed by atoms with Gasteiger partial charge in [0.2, 0.25) is 0 Å². The van der Waals surface area contributed by atoms with Crippen LogP contribution in [0.2, 0.25) is 0 Å². The first-order valence-electron chi connectivity index (χ1n) is 12.5. The van der Waals surface area contributed by atoms with Crippen LogP contribution < -0.4 is 31.9 Å². The van der Waals surface area contributed by atoms with Gasteiger partial charge in [0.15, 0.2) is 0 Å². The van der Waals surface area contributed by atoms with Crippen molar-refractivity contribution in [3.05, 3.63) is 83.9 Å². The van der Waals surface area contributed by atoms with E-state index in [1.807, 2.05) is 48.5 Å². The molecule has 3 aromatic rings. The molecule has 0 radical (unpaired) electrons. The zero-order chi connectivity index (χ0) is 26.5. The number of urea groups is 2. The molecule has 2 heterocycles. The monoisotopic (exact) mass is 546 g/mol. The summed E-state index contributed by atoms with van der Waals surface area (Å²) in [6.07, 6.45) is 0. The Kier molecular flexibility index (Phi) is 8.67. The molecule has 0 fully saturated rings. The first-order valence-corrected chi connectivity index (χ1v) is 12.5. The van der Waals surface area contributed by atoms with Crippen LogP contribution in [0.25, 0.3) is 0 Å². The van der Waals surface area contributed by atoms with Gasteiger partial charge < -0.3 is 31.9 Å². The van der Waals surface area contributed by atoms with Gasteiger partial charge in [-0.3, -0.25) is 9.98 Å². The molecule has 0 aliphatic carbocycles. The van der Waals surface area contributed by atoms with Crippen molar-refractivity contribution in [2.45, 2.75) is 25.9 Å². The minimum absolute atomic E-state index is 0. The Morgan fingerprint density at radius 1 is 0.641 bits per heavy atom. The lowest BCUT2D eigenvalue weighted by atomic mass is 10.2. The van der Waals surface area contributed by atoms with E-state index in [1.54, 1.807) is 24.3 Å². The van der Waals surface area contributed by atoms with Crippen molar-refractivity contribution in [1.82, 2.24) is 10.6 Å². The lowest BCUT2D eigenvalue weighted by Gasteiger charge is -2.12. The normalized spacial score (nSPS) is 17.5. The maximum atomic E-state index is 12.5. The number of amides is 4. The van der Waals surface area contributed by atoms with Crippen molar-refractivity contribution in [1.29, 1.82) is 0 Å². The van der Waals surface area contributed by atoms with Crippen molar-refractivity contribution in [2.24, 2.45) is 9.98 Å². The molecule has 0 saturated carbocycles. The third kappa shape index (κ3) is 7.26. The van der Waals surface area contributed by atoms with E-state index >= 15 is 0 Å². The number of carbonyl (C=O) groups is 2. The Balaban J connectivity index is 0.00000353. The van der Waals surface area contributed by atoms with Gasteiger partial charge >= 0.3 is 12.1 Å². The third-order valence-electron chi connectivity index (χ3n) is 6.00. The highest BCUT2D eigenvalue weighted by Crippen LogP contribution is 2.18. The predicted molar refractivity (Wildman–Crippen MR) is 160 cm³/mol. The molecule has 11 heteroatoms. The molecule has 2 aliphatic rings. The van der Waals surface area contributed by atoms with E-state index in [0.29, 0.717) is 34.8 Å². The average molecular weight is 547 g/mol. The zero-order valence-corrected chi connectivity index (χ0v) is 22.4. The summed E-state index contributed by atoms with van der Waals surface area (Å²) < 4.78 is 0. The number of aliphatic imine (C=N–C) groups is 2. The fourth-order valence-corrected chi connectivity index (χ4v) is 4.17. The topological polar surface area (TPSA) is 131 Å². The van der Waals surface area contributed by atoms with Crippen molar-refractivity contribution < 1.29 is 9.59 Å². The predicted octanol–water partition coefficient (Wildman–Crippen LogP) is 4.87. The highest BCUT2D eigenvalue weighted by atomic mass is 35.5. The standard InChI is InChI=1S/C28H30N8O2.ClH/c1-17-15-29-25(31-17)19-5-3-7-23(13-19)35-27(37)33-21-9-11-22(12-10-21)34-28(38)36-24-8-4-6-20(14-24)26-30-16-18(2)32-26;/h3-14,17-18H,15-16H2,1-2H3,(H,29,31)(H,30,32)(H2,33,35,37)(H2,34,36,38);1H. The van der Waals surface area contributed by atoms with Gasteiger partial charge in [0, 0.05) is 46.0 Å². The van der Waals surface area contributed by atoms with Gasteiger partial charge in [-0.15, -0.1) is 12.4 Å². The van der Waals surface area contributed by atoms with E-state index in [4.69, 9.17) is 0 Å². The zero-order valence-electron chi connectivity index (χ0n) is 21.6. The van der Waals surface area contributed by atoms with Gasteiger partial charge in [-0.1, -0.05) is 24.3 Å². The van der Waals surface area contributed by atoms with Crippen molar-refractivity contribution in [3.8, 4) is 0 Å². The summed E-state index contributed by atoms with van der Waals surface area (Å²) >= 11 is 0. The summed E-state index contributed by atoms with van der Waals surface area (Å²) in [7, 11) is 0. The smallest absolute Gasteiger partial charge is 0.323 e. The van der Waals surface area contributed by atoms with Crippen LogP contribution in [0.3, 0.4) is 0 Å². The molecule has 3 aromatic carbocycles. The number of nitrogens with zero attached hydrogens (tertiary/aromatic N) is 2. The lowest BCUT2D eigenvalue weighted by molar-refractivity contribution is 0.261. The van der Waals surface area contributed by atoms with Crippen LogP contribution in [-0.4, -0.2) is 48.9 Å². The molecule has 39 heavy (non-hydrogen) atoms.